The van der Waals surface area contributed by atoms with Crippen LogP contribution < -0.4 is 10.5 Å². The summed E-state index contributed by atoms with van der Waals surface area (Å²) in [5, 5.41) is 18.6. The Balaban J connectivity index is 0.00000312. The molecule has 0 aliphatic carbocycles. The molecule has 0 bridgehead atoms. The minimum absolute atomic E-state index is 0. The standard InChI is InChI=1S/C15H11F4NO4.ClH/c16-11-6-8(14(22)23)5-10(13(11)21)12(20)7-1-3-9(4-2-7)24-15(17,18)19;/h1-6,12,21H,20H2,(H,22,23);1H/t12-;/m0./s1. The molecule has 0 heterocycles. The van der Waals surface area contributed by atoms with E-state index in [2.05, 4.69) is 4.74 Å². The first-order valence-corrected chi connectivity index (χ1v) is 6.45. The average molecular weight is 382 g/mol. The van der Waals surface area contributed by atoms with Crippen molar-refractivity contribution >= 4 is 18.4 Å². The van der Waals surface area contributed by atoms with Crippen LogP contribution in [0.25, 0.3) is 0 Å². The second kappa shape index (κ2) is 7.58. The van der Waals surface area contributed by atoms with Crippen LogP contribution in [0, 0.1) is 5.82 Å². The van der Waals surface area contributed by atoms with Crippen LogP contribution in [-0.2, 0) is 0 Å². The third-order valence-corrected chi connectivity index (χ3v) is 3.15. The first-order valence-electron chi connectivity index (χ1n) is 6.45. The second-order valence-corrected chi connectivity index (χ2v) is 4.80. The molecular weight excluding hydrogens is 370 g/mol. The number of aromatic hydroxyl groups is 1. The number of hydrogen-bond donors (Lipinski definition) is 3. The molecule has 0 radical (unpaired) electrons. The molecule has 0 aromatic heterocycles. The van der Waals surface area contributed by atoms with Gasteiger partial charge in [0.1, 0.15) is 5.75 Å². The molecule has 10 heteroatoms. The predicted octanol–water partition coefficient (Wildman–Crippen LogP) is 3.60. The second-order valence-electron chi connectivity index (χ2n) is 4.80. The fourth-order valence-electron chi connectivity index (χ4n) is 2.04. The number of hydrogen-bond acceptors (Lipinski definition) is 4. The molecule has 0 saturated carbocycles. The summed E-state index contributed by atoms with van der Waals surface area (Å²) >= 11 is 0. The molecule has 0 saturated heterocycles. The summed E-state index contributed by atoms with van der Waals surface area (Å²) in [5.41, 5.74) is 5.44. The molecule has 25 heavy (non-hydrogen) atoms. The number of benzene rings is 2. The van der Waals surface area contributed by atoms with Crippen LogP contribution in [0.4, 0.5) is 17.6 Å². The van der Waals surface area contributed by atoms with Crippen LogP contribution in [0.3, 0.4) is 0 Å². The Morgan fingerprint density at radius 3 is 2.20 bits per heavy atom. The lowest BCUT2D eigenvalue weighted by Gasteiger charge is -2.16. The molecule has 5 nitrogen and oxygen atoms in total. The molecule has 0 amide bonds. The maximum absolute atomic E-state index is 13.6. The Morgan fingerprint density at radius 1 is 1.16 bits per heavy atom. The van der Waals surface area contributed by atoms with E-state index in [-0.39, 0.29) is 23.5 Å². The van der Waals surface area contributed by atoms with E-state index in [1.165, 1.54) is 12.1 Å². The Labute approximate surface area is 145 Å². The molecule has 0 spiro atoms. The van der Waals surface area contributed by atoms with Gasteiger partial charge in [-0.25, -0.2) is 9.18 Å². The van der Waals surface area contributed by atoms with Gasteiger partial charge in [-0.15, -0.1) is 25.6 Å². The smallest absolute Gasteiger partial charge is 0.505 e. The number of phenols is 1. The van der Waals surface area contributed by atoms with Crippen LogP contribution in [0.5, 0.6) is 11.5 Å². The summed E-state index contributed by atoms with van der Waals surface area (Å²) in [4.78, 5) is 10.9. The zero-order valence-electron chi connectivity index (χ0n) is 12.2. The summed E-state index contributed by atoms with van der Waals surface area (Å²) in [6.07, 6.45) is -4.85. The highest BCUT2D eigenvalue weighted by molar-refractivity contribution is 5.88. The topological polar surface area (TPSA) is 92.8 Å². The Morgan fingerprint density at radius 2 is 1.72 bits per heavy atom. The highest BCUT2D eigenvalue weighted by Crippen LogP contribution is 2.32. The molecule has 0 fully saturated rings. The molecule has 4 N–H and O–H groups in total. The number of phenolic OH excluding ortho intramolecular Hbond substituents is 1. The van der Waals surface area contributed by atoms with E-state index < -0.39 is 41.3 Å². The first kappa shape index (κ1) is 20.5. The van der Waals surface area contributed by atoms with E-state index in [9.17, 15) is 27.5 Å². The van der Waals surface area contributed by atoms with Gasteiger partial charge in [0.2, 0.25) is 0 Å². The molecule has 2 aromatic rings. The quantitative estimate of drug-likeness (QED) is 0.704. The molecule has 1 atom stereocenters. The van der Waals surface area contributed by atoms with Crippen LogP contribution >= 0.6 is 12.4 Å². The number of alkyl halides is 3. The van der Waals surface area contributed by atoms with Crippen molar-refractivity contribution in [2.75, 3.05) is 0 Å². The molecule has 0 aliphatic rings. The lowest BCUT2D eigenvalue weighted by molar-refractivity contribution is -0.274. The molecule has 136 valence electrons. The zero-order chi connectivity index (χ0) is 18.1. The van der Waals surface area contributed by atoms with Gasteiger partial charge in [-0.05, 0) is 29.8 Å². The lowest BCUT2D eigenvalue weighted by atomic mass is 9.96. The van der Waals surface area contributed by atoms with E-state index in [4.69, 9.17) is 10.8 Å². The maximum atomic E-state index is 13.6. The van der Waals surface area contributed by atoms with Crippen molar-refractivity contribution in [1.82, 2.24) is 0 Å². The van der Waals surface area contributed by atoms with E-state index in [1.807, 2.05) is 0 Å². The minimum atomic E-state index is -4.85. The molecule has 0 unspecified atom stereocenters. The normalized spacial score (nSPS) is 12.2. The minimum Gasteiger partial charge on any atom is -0.505 e. The summed E-state index contributed by atoms with van der Waals surface area (Å²) < 4.78 is 53.6. The molecule has 2 rings (SSSR count). The van der Waals surface area contributed by atoms with E-state index in [1.54, 1.807) is 0 Å². The SMILES string of the molecule is Cl.N[C@@H](c1ccc(OC(F)(F)F)cc1)c1cc(C(=O)O)cc(F)c1O. The monoisotopic (exact) mass is 381 g/mol. The van der Waals surface area contributed by atoms with Gasteiger partial charge in [0.25, 0.3) is 0 Å². The van der Waals surface area contributed by atoms with Crippen molar-refractivity contribution < 1.29 is 37.3 Å². The van der Waals surface area contributed by atoms with Gasteiger partial charge in [-0.3, -0.25) is 0 Å². The molecule has 2 aromatic carbocycles. The summed E-state index contributed by atoms with van der Waals surface area (Å²) in [6.45, 7) is 0. The van der Waals surface area contributed by atoms with Gasteiger partial charge in [0.15, 0.2) is 11.6 Å². The number of halogens is 5. The lowest BCUT2D eigenvalue weighted by Crippen LogP contribution is -2.17. The Hall–Kier alpha value is -2.52. The third kappa shape index (κ3) is 4.97. The van der Waals surface area contributed by atoms with E-state index in [0.29, 0.717) is 6.07 Å². The average Bonchev–Trinajstić information content (AvgIpc) is 2.48. The maximum Gasteiger partial charge on any atom is 0.573 e. The Kier molecular flexibility index (Phi) is 6.22. The Bertz CT molecular complexity index is 765. The first-order chi connectivity index (χ1) is 11.1. The van der Waals surface area contributed by atoms with Gasteiger partial charge in [0.05, 0.1) is 11.6 Å². The number of rotatable bonds is 4. The van der Waals surface area contributed by atoms with Gasteiger partial charge >= 0.3 is 12.3 Å². The van der Waals surface area contributed by atoms with Crippen LogP contribution in [0.1, 0.15) is 27.5 Å². The third-order valence-electron chi connectivity index (χ3n) is 3.15. The summed E-state index contributed by atoms with van der Waals surface area (Å²) in [5.74, 6) is -3.90. The van der Waals surface area contributed by atoms with Crippen molar-refractivity contribution in [3.8, 4) is 11.5 Å². The number of carboxylic acids is 1. The van der Waals surface area contributed by atoms with E-state index in [0.717, 1.165) is 18.2 Å². The van der Waals surface area contributed by atoms with Crippen molar-refractivity contribution in [2.24, 2.45) is 5.73 Å². The van der Waals surface area contributed by atoms with Gasteiger partial charge in [-0.1, -0.05) is 12.1 Å². The zero-order valence-corrected chi connectivity index (χ0v) is 13.1. The van der Waals surface area contributed by atoms with Crippen LogP contribution in [0.15, 0.2) is 36.4 Å². The number of ether oxygens (including phenoxy) is 1. The van der Waals surface area contributed by atoms with Gasteiger partial charge in [-0.2, -0.15) is 0 Å². The number of nitrogens with two attached hydrogens (primary N) is 1. The fourth-order valence-corrected chi connectivity index (χ4v) is 2.04. The number of carboxylic acid groups (broad SMARTS) is 1. The molecule has 0 aliphatic heterocycles. The van der Waals surface area contributed by atoms with Crippen molar-refractivity contribution in [3.05, 3.63) is 58.9 Å². The summed E-state index contributed by atoms with van der Waals surface area (Å²) in [6, 6.07) is 4.85. The van der Waals surface area contributed by atoms with Gasteiger partial charge < -0.3 is 20.7 Å². The van der Waals surface area contributed by atoms with Gasteiger partial charge in [0, 0.05) is 5.56 Å². The van der Waals surface area contributed by atoms with Crippen molar-refractivity contribution in [1.29, 1.82) is 0 Å². The predicted molar refractivity (Wildman–Crippen MR) is 81.4 cm³/mol. The van der Waals surface area contributed by atoms with E-state index >= 15 is 0 Å². The fraction of sp³-hybridized carbons (Fsp3) is 0.133. The summed E-state index contributed by atoms with van der Waals surface area (Å²) in [7, 11) is 0. The largest absolute Gasteiger partial charge is 0.573 e. The van der Waals surface area contributed by atoms with Crippen LogP contribution in [0.2, 0.25) is 0 Å². The number of aromatic carboxylic acids is 1. The highest BCUT2D eigenvalue weighted by atomic mass is 35.5. The highest BCUT2D eigenvalue weighted by Gasteiger charge is 2.31. The van der Waals surface area contributed by atoms with Crippen molar-refractivity contribution in [3.63, 3.8) is 0 Å². The molecular formula is C15H12ClF4NO4. The number of carbonyl (C=O) groups is 1. The van der Waals surface area contributed by atoms with Crippen molar-refractivity contribution in [2.45, 2.75) is 12.4 Å². The van der Waals surface area contributed by atoms with Crippen LogP contribution in [-0.4, -0.2) is 22.5 Å².